The molecule has 0 aliphatic carbocycles. The third-order valence-corrected chi connectivity index (χ3v) is 10.2. The summed E-state index contributed by atoms with van der Waals surface area (Å²) < 4.78 is 6.58. The molecule has 180 valence electrons. The molecule has 1 aliphatic heterocycles. The Morgan fingerprint density at radius 3 is 2.50 bits per heavy atom. The summed E-state index contributed by atoms with van der Waals surface area (Å²) in [4.78, 5) is 9.74. The van der Waals surface area contributed by atoms with E-state index in [1.807, 2.05) is 0 Å². The fourth-order valence-electron chi connectivity index (χ4n) is 5.05. The van der Waals surface area contributed by atoms with Gasteiger partial charge in [0.1, 0.15) is 0 Å². The summed E-state index contributed by atoms with van der Waals surface area (Å²) in [5.41, 5.74) is 6.15. The van der Waals surface area contributed by atoms with Gasteiger partial charge < -0.3 is 0 Å². The van der Waals surface area contributed by atoms with Crippen molar-refractivity contribution in [1.82, 2.24) is 4.98 Å². The first-order chi connectivity index (χ1) is 17.7. The monoisotopic (exact) mass is 557 g/mol. The Balaban J connectivity index is 1.36. The molecule has 0 atom stereocenters. The van der Waals surface area contributed by atoms with E-state index in [0.717, 1.165) is 30.2 Å². The topological polar surface area (TPSA) is 23.2 Å². The van der Waals surface area contributed by atoms with E-state index in [0.29, 0.717) is 14.5 Å². The van der Waals surface area contributed by atoms with Crippen LogP contribution in [0.5, 0.6) is 0 Å². The van der Waals surface area contributed by atoms with Crippen LogP contribution in [0.25, 0.3) is 36.6 Å². The normalized spacial score (nSPS) is 14.7. The Morgan fingerprint density at radius 2 is 1.69 bits per heavy atom. The number of anilines is 2. The van der Waals surface area contributed by atoms with Crippen molar-refractivity contribution < 1.29 is 4.57 Å². The Labute approximate surface area is 222 Å². The van der Waals surface area contributed by atoms with E-state index in [2.05, 4.69) is 120 Å². The van der Waals surface area contributed by atoms with Crippen molar-refractivity contribution in [2.45, 2.75) is 27.3 Å². The van der Waals surface area contributed by atoms with Crippen LogP contribution >= 0.6 is 11.3 Å². The number of fused-ring (bicyclic) bond motifs is 3. The van der Waals surface area contributed by atoms with Gasteiger partial charge >= 0.3 is 199 Å². The second-order valence-electron chi connectivity index (χ2n) is 8.72. The first-order valence-corrected chi connectivity index (χ1v) is 15.1. The van der Waals surface area contributed by atoms with E-state index >= 15 is 0 Å². The average Bonchev–Trinajstić information content (AvgIpc) is 3.59. The van der Waals surface area contributed by atoms with Crippen molar-refractivity contribution >= 4 is 63.3 Å². The number of hydrogen-bond acceptors (Lipinski definition) is 4. The second kappa shape index (κ2) is 9.70. The van der Waals surface area contributed by atoms with E-state index < -0.39 is 0 Å². The molecule has 6 rings (SSSR count). The van der Waals surface area contributed by atoms with Gasteiger partial charge in [-0.15, -0.1) is 0 Å². The van der Waals surface area contributed by atoms with Crippen molar-refractivity contribution in [3.8, 4) is 10.6 Å². The van der Waals surface area contributed by atoms with Crippen LogP contribution < -0.4 is 14.4 Å². The SMILES string of the molecule is CCN1C(=CC=Cc2[se]c3ccccc3[n+]2CC)N(CC)c2cc(-c3nc4ccccc4s3)ccc21. The Hall–Kier alpha value is -3.18. The Kier molecular flexibility index (Phi) is 6.26. The molecule has 0 amide bonds. The number of aromatic nitrogens is 2. The molecule has 3 heterocycles. The first-order valence-electron chi connectivity index (χ1n) is 12.6. The summed E-state index contributed by atoms with van der Waals surface area (Å²) >= 11 is 2.11. The average molecular weight is 557 g/mol. The van der Waals surface area contributed by atoms with Gasteiger partial charge in [-0.3, -0.25) is 0 Å². The summed E-state index contributed by atoms with van der Waals surface area (Å²) in [6, 6.07) is 24.0. The van der Waals surface area contributed by atoms with Crippen molar-refractivity contribution in [2.24, 2.45) is 0 Å². The summed E-state index contributed by atoms with van der Waals surface area (Å²) in [7, 11) is 0. The molecular formula is C30H29N4SSe+. The minimum atomic E-state index is 0.348. The van der Waals surface area contributed by atoms with Gasteiger partial charge in [0.05, 0.1) is 0 Å². The molecule has 0 unspecified atom stereocenters. The number of hydrogen-bond donors (Lipinski definition) is 0. The number of nitrogens with zero attached hydrogens (tertiary/aromatic N) is 4. The molecule has 0 bridgehead atoms. The van der Waals surface area contributed by atoms with Gasteiger partial charge in [0.15, 0.2) is 0 Å². The van der Waals surface area contributed by atoms with Crippen molar-refractivity contribution in [3.05, 3.63) is 89.3 Å². The molecule has 0 N–H and O–H groups in total. The number of rotatable bonds is 6. The fourth-order valence-corrected chi connectivity index (χ4v) is 8.40. The van der Waals surface area contributed by atoms with Gasteiger partial charge in [0.25, 0.3) is 0 Å². The predicted octanol–water partition coefficient (Wildman–Crippen LogP) is 6.70. The molecular weight excluding hydrogens is 527 g/mol. The molecule has 0 saturated carbocycles. The summed E-state index contributed by atoms with van der Waals surface area (Å²) in [5, 5.41) is 1.08. The maximum atomic E-state index is 4.90. The van der Waals surface area contributed by atoms with Gasteiger partial charge in [-0.25, -0.2) is 0 Å². The summed E-state index contributed by atoms with van der Waals surface area (Å²) in [6.45, 7) is 9.54. The van der Waals surface area contributed by atoms with Crippen molar-refractivity contribution in [2.75, 3.05) is 22.9 Å². The first kappa shape index (κ1) is 23.2. The fraction of sp³-hybridized carbons (Fsp3) is 0.200. The molecule has 0 saturated heterocycles. The van der Waals surface area contributed by atoms with Crippen molar-refractivity contribution in [1.29, 1.82) is 0 Å². The van der Waals surface area contributed by atoms with E-state index in [9.17, 15) is 0 Å². The van der Waals surface area contributed by atoms with Crippen LogP contribution in [-0.4, -0.2) is 32.6 Å². The second-order valence-corrected chi connectivity index (χ2v) is 12.0. The summed E-state index contributed by atoms with van der Waals surface area (Å²) in [6.07, 6.45) is 6.84. The third-order valence-electron chi connectivity index (χ3n) is 6.72. The van der Waals surface area contributed by atoms with Crippen LogP contribution in [-0.2, 0) is 6.54 Å². The Morgan fingerprint density at radius 1 is 0.917 bits per heavy atom. The zero-order valence-corrected chi connectivity index (χ0v) is 23.3. The molecule has 3 aromatic carbocycles. The van der Waals surface area contributed by atoms with E-state index in [4.69, 9.17) is 4.98 Å². The molecule has 4 nitrogen and oxygen atoms in total. The number of aryl methyl sites for hydroxylation is 1. The molecule has 1 aliphatic rings. The molecule has 36 heavy (non-hydrogen) atoms. The quantitative estimate of drug-likeness (QED) is 0.172. The number of thiazole rings is 1. The molecule has 0 spiro atoms. The van der Waals surface area contributed by atoms with Crippen LogP contribution in [0.3, 0.4) is 0 Å². The molecule has 0 radical (unpaired) electrons. The molecule has 5 aromatic rings. The van der Waals surface area contributed by atoms with Crippen LogP contribution in [0.1, 0.15) is 25.3 Å². The number of allylic oxidation sites excluding steroid dienone is 2. The maximum absolute atomic E-state index is 4.90. The van der Waals surface area contributed by atoms with E-state index in [-0.39, 0.29) is 0 Å². The predicted molar refractivity (Wildman–Crippen MR) is 155 cm³/mol. The Bertz CT molecular complexity index is 1590. The number of para-hydroxylation sites is 2. The third kappa shape index (κ3) is 3.90. The van der Waals surface area contributed by atoms with Crippen LogP contribution in [0.2, 0.25) is 0 Å². The van der Waals surface area contributed by atoms with Crippen LogP contribution in [0, 0.1) is 0 Å². The number of benzene rings is 3. The standard InChI is InChI=1S/C30H29N4SSe/c1-4-32-23-19-18-21(30-31-22-12-7-9-14-26(22)35-30)20-25(23)33(5-2)28(32)16-11-17-29-34(6-3)24-13-8-10-15-27(24)36-29/h7-20H,4-6H2,1-3H3/q+1. The van der Waals surface area contributed by atoms with Gasteiger partial charge in [-0.05, 0) is 12.1 Å². The zero-order valence-electron chi connectivity index (χ0n) is 20.8. The van der Waals surface area contributed by atoms with Gasteiger partial charge in [-0.1, -0.05) is 12.1 Å². The van der Waals surface area contributed by atoms with Gasteiger partial charge in [-0.2, -0.15) is 0 Å². The summed E-state index contributed by atoms with van der Waals surface area (Å²) in [5.74, 6) is 1.24. The zero-order chi connectivity index (χ0) is 24.6. The van der Waals surface area contributed by atoms with Gasteiger partial charge in [0, 0.05) is 0 Å². The van der Waals surface area contributed by atoms with Crippen LogP contribution in [0.4, 0.5) is 11.4 Å². The minimum absolute atomic E-state index is 0.348. The van der Waals surface area contributed by atoms with E-state index in [1.165, 1.54) is 41.8 Å². The molecule has 0 fully saturated rings. The van der Waals surface area contributed by atoms with Crippen LogP contribution in [0.15, 0.2) is 84.7 Å². The molecule has 2 aromatic heterocycles. The van der Waals surface area contributed by atoms with Crippen molar-refractivity contribution in [3.63, 3.8) is 0 Å². The van der Waals surface area contributed by atoms with Gasteiger partial charge in [0.2, 0.25) is 0 Å². The molecule has 6 heteroatoms. The van der Waals surface area contributed by atoms with E-state index in [1.54, 1.807) is 11.3 Å².